The zero-order valence-corrected chi connectivity index (χ0v) is 21.0. The number of halogens is 1. The molecule has 0 spiro atoms. The lowest BCUT2D eigenvalue weighted by Gasteiger charge is -2.22. The molecule has 0 fully saturated rings. The van der Waals surface area contributed by atoms with Crippen LogP contribution >= 0.6 is 23.4 Å². The summed E-state index contributed by atoms with van der Waals surface area (Å²) < 4.78 is 1.88. The van der Waals surface area contributed by atoms with E-state index in [1.54, 1.807) is 42.5 Å². The maximum Gasteiger partial charge on any atom is 0.251 e. The van der Waals surface area contributed by atoms with Gasteiger partial charge in [0.25, 0.3) is 5.91 Å². The summed E-state index contributed by atoms with van der Waals surface area (Å²) in [6.45, 7) is 10.3. The first-order valence-electron chi connectivity index (χ1n) is 10.9. The van der Waals surface area contributed by atoms with Crippen LogP contribution in [0.1, 0.15) is 41.6 Å². The zero-order chi connectivity index (χ0) is 24.7. The Morgan fingerprint density at radius 3 is 2.50 bits per heavy atom. The molecule has 0 aliphatic rings. The highest BCUT2D eigenvalue weighted by Crippen LogP contribution is 2.26. The van der Waals surface area contributed by atoms with Gasteiger partial charge in [-0.3, -0.25) is 9.59 Å². The molecule has 9 heteroatoms. The largest absolute Gasteiger partial charge is 0.342 e. The summed E-state index contributed by atoms with van der Waals surface area (Å²) >= 11 is 7.38. The van der Waals surface area contributed by atoms with Crippen molar-refractivity contribution < 1.29 is 9.59 Å². The van der Waals surface area contributed by atoms with E-state index >= 15 is 0 Å². The van der Waals surface area contributed by atoms with Crippen molar-refractivity contribution in [1.82, 2.24) is 20.1 Å². The number of benzene rings is 2. The molecule has 2 aromatic carbocycles. The molecule has 1 aromatic heterocycles. The van der Waals surface area contributed by atoms with Crippen LogP contribution in [0.2, 0.25) is 5.02 Å². The van der Waals surface area contributed by atoms with Crippen LogP contribution in [-0.2, 0) is 11.3 Å². The molecule has 0 unspecified atom stereocenters. The van der Waals surface area contributed by atoms with Crippen molar-refractivity contribution in [3.05, 3.63) is 83.2 Å². The molecule has 2 N–H and O–H groups in total. The molecule has 178 valence electrons. The van der Waals surface area contributed by atoms with Crippen molar-refractivity contribution in [3.8, 4) is 0 Å². The topological polar surface area (TPSA) is 88.9 Å². The predicted octanol–water partition coefficient (Wildman–Crippen LogP) is 5.28. The minimum absolute atomic E-state index is 0.0588. The SMILES string of the molecule is C=CCn1c(SCC(=O)Nc2ccccc2Cl)nnc1[C@@H](NC(=O)c1ccc(C)cc1)C(C)C. The molecule has 0 bridgehead atoms. The van der Waals surface area contributed by atoms with Gasteiger partial charge in [-0.25, -0.2) is 0 Å². The van der Waals surface area contributed by atoms with Gasteiger partial charge >= 0.3 is 0 Å². The number of anilines is 1. The monoisotopic (exact) mass is 497 g/mol. The second-order valence-corrected chi connectivity index (χ2v) is 9.47. The second kappa shape index (κ2) is 11.9. The number of para-hydroxylation sites is 1. The fourth-order valence-electron chi connectivity index (χ4n) is 3.28. The van der Waals surface area contributed by atoms with E-state index in [-0.39, 0.29) is 29.5 Å². The van der Waals surface area contributed by atoms with Gasteiger partial charge in [0.1, 0.15) is 0 Å². The summed E-state index contributed by atoms with van der Waals surface area (Å²) in [7, 11) is 0. The fourth-order valence-corrected chi connectivity index (χ4v) is 4.21. The summed E-state index contributed by atoms with van der Waals surface area (Å²) in [5.74, 6) is 0.414. The van der Waals surface area contributed by atoms with Crippen molar-refractivity contribution in [3.63, 3.8) is 0 Å². The van der Waals surface area contributed by atoms with Gasteiger partial charge < -0.3 is 15.2 Å². The van der Waals surface area contributed by atoms with Gasteiger partial charge in [-0.05, 0) is 37.1 Å². The number of aromatic nitrogens is 3. The normalized spacial score (nSPS) is 11.8. The molecule has 0 saturated carbocycles. The van der Waals surface area contributed by atoms with E-state index in [1.165, 1.54) is 11.8 Å². The van der Waals surface area contributed by atoms with Crippen LogP contribution in [0.25, 0.3) is 0 Å². The first-order chi connectivity index (χ1) is 16.3. The minimum atomic E-state index is -0.368. The number of rotatable bonds is 10. The van der Waals surface area contributed by atoms with Crippen LogP contribution in [0.15, 0.2) is 66.3 Å². The van der Waals surface area contributed by atoms with Gasteiger partial charge in [0.15, 0.2) is 11.0 Å². The summed E-state index contributed by atoms with van der Waals surface area (Å²) in [6.07, 6.45) is 1.74. The number of allylic oxidation sites excluding steroid dienone is 1. The van der Waals surface area contributed by atoms with E-state index in [9.17, 15) is 9.59 Å². The quantitative estimate of drug-likeness (QED) is 0.293. The van der Waals surface area contributed by atoms with Crippen LogP contribution in [0.4, 0.5) is 5.69 Å². The third kappa shape index (κ3) is 6.48. The van der Waals surface area contributed by atoms with Crippen LogP contribution in [0, 0.1) is 12.8 Å². The van der Waals surface area contributed by atoms with Crippen molar-refractivity contribution >= 4 is 40.9 Å². The van der Waals surface area contributed by atoms with E-state index in [4.69, 9.17) is 11.6 Å². The van der Waals surface area contributed by atoms with Gasteiger partial charge in [0.2, 0.25) is 5.91 Å². The predicted molar refractivity (Wildman–Crippen MR) is 137 cm³/mol. The number of nitrogens with zero attached hydrogens (tertiary/aromatic N) is 3. The molecule has 0 saturated heterocycles. The Bertz CT molecular complexity index is 1160. The van der Waals surface area contributed by atoms with Crippen LogP contribution in [0.5, 0.6) is 0 Å². The number of hydrogen-bond donors (Lipinski definition) is 2. The Labute approximate surface area is 209 Å². The van der Waals surface area contributed by atoms with E-state index < -0.39 is 0 Å². The molecule has 2 amide bonds. The average molecular weight is 498 g/mol. The molecular weight excluding hydrogens is 470 g/mol. The lowest BCUT2D eigenvalue weighted by atomic mass is 10.0. The Morgan fingerprint density at radius 2 is 1.85 bits per heavy atom. The molecule has 3 aromatic rings. The van der Waals surface area contributed by atoms with Crippen LogP contribution < -0.4 is 10.6 Å². The summed E-state index contributed by atoms with van der Waals surface area (Å²) in [4.78, 5) is 25.3. The maximum atomic E-state index is 12.9. The summed E-state index contributed by atoms with van der Waals surface area (Å²) in [5.41, 5.74) is 2.22. The number of carbonyl (C=O) groups is 2. The molecule has 0 radical (unpaired) electrons. The van der Waals surface area contributed by atoms with Gasteiger partial charge in [0, 0.05) is 12.1 Å². The molecule has 1 atom stereocenters. The van der Waals surface area contributed by atoms with E-state index in [0.29, 0.717) is 33.8 Å². The third-order valence-corrected chi connectivity index (χ3v) is 6.38. The number of hydrogen-bond acceptors (Lipinski definition) is 5. The third-order valence-electron chi connectivity index (χ3n) is 5.08. The van der Waals surface area contributed by atoms with Crippen molar-refractivity contribution in [2.24, 2.45) is 5.92 Å². The highest BCUT2D eigenvalue weighted by molar-refractivity contribution is 7.99. The Kier molecular flexibility index (Phi) is 8.90. The summed E-state index contributed by atoms with van der Waals surface area (Å²) in [5, 5.41) is 15.6. The number of aryl methyl sites for hydroxylation is 1. The lowest BCUT2D eigenvalue weighted by Crippen LogP contribution is -2.33. The Hall–Kier alpha value is -3.10. The van der Waals surface area contributed by atoms with Crippen molar-refractivity contribution in [1.29, 1.82) is 0 Å². The fraction of sp³-hybridized carbons (Fsp3) is 0.280. The number of amides is 2. The van der Waals surface area contributed by atoms with Crippen molar-refractivity contribution in [2.75, 3.05) is 11.1 Å². The minimum Gasteiger partial charge on any atom is -0.342 e. The standard InChI is InChI=1S/C25H28ClN5O2S/c1-5-14-31-23(22(16(2)3)28-24(33)18-12-10-17(4)11-13-18)29-30-25(31)34-15-21(32)27-20-9-7-6-8-19(20)26/h5-13,16,22H,1,14-15H2,2-4H3,(H,27,32)(H,28,33)/t22-/m0/s1. The van der Waals surface area contributed by atoms with Gasteiger partial charge in [-0.1, -0.05) is 73.1 Å². The molecule has 34 heavy (non-hydrogen) atoms. The molecule has 0 aliphatic heterocycles. The van der Waals surface area contributed by atoms with E-state index in [2.05, 4.69) is 27.4 Å². The molecule has 0 aliphatic carbocycles. The smallest absolute Gasteiger partial charge is 0.251 e. The van der Waals surface area contributed by atoms with Gasteiger partial charge in [0.05, 0.1) is 22.5 Å². The second-order valence-electron chi connectivity index (χ2n) is 8.12. The average Bonchev–Trinajstić information content (AvgIpc) is 3.20. The lowest BCUT2D eigenvalue weighted by molar-refractivity contribution is -0.113. The molecule has 3 rings (SSSR count). The molecule has 1 heterocycles. The zero-order valence-electron chi connectivity index (χ0n) is 19.4. The first kappa shape index (κ1) is 25.5. The van der Waals surface area contributed by atoms with Crippen LogP contribution in [0.3, 0.4) is 0 Å². The summed E-state index contributed by atoms with van der Waals surface area (Å²) in [6, 6.07) is 14.1. The Morgan fingerprint density at radius 1 is 1.15 bits per heavy atom. The highest BCUT2D eigenvalue weighted by atomic mass is 35.5. The number of thioether (sulfide) groups is 1. The Balaban J connectivity index is 1.75. The van der Waals surface area contributed by atoms with Gasteiger partial charge in [-0.15, -0.1) is 16.8 Å². The number of nitrogens with one attached hydrogen (secondary N) is 2. The molecular formula is C25H28ClN5O2S. The number of carbonyl (C=O) groups excluding carboxylic acids is 2. The van der Waals surface area contributed by atoms with E-state index in [0.717, 1.165) is 5.56 Å². The highest BCUT2D eigenvalue weighted by Gasteiger charge is 2.26. The maximum absolute atomic E-state index is 12.9. The first-order valence-corrected chi connectivity index (χ1v) is 12.2. The molecule has 7 nitrogen and oxygen atoms in total. The van der Waals surface area contributed by atoms with Crippen LogP contribution in [-0.4, -0.2) is 32.3 Å². The van der Waals surface area contributed by atoms with E-state index in [1.807, 2.05) is 37.5 Å². The van der Waals surface area contributed by atoms with Gasteiger partial charge in [-0.2, -0.15) is 0 Å². The van der Waals surface area contributed by atoms with Crippen molar-refractivity contribution in [2.45, 2.75) is 38.5 Å².